The molecule has 0 bridgehead atoms. The first-order valence-corrected chi connectivity index (χ1v) is 11.0. The van der Waals surface area contributed by atoms with Crippen molar-refractivity contribution < 1.29 is 13.6 Å². The van der Waals surface area contributed by atoms with Crippen LogP contribution in [0.4, 0.5) is 14.5 Å². The van der Waals surface area contributed by atoms with Crippen molar-refractivity contribution in [2.24, 2.45) is 5.92 Å². The number of alkyl halides is 2. The largest absolute Gasteiger partial charge is 0.330 e. The Hall–Kier alpha value is -3.01. The third-order valence-corrected chi connectivity index (χ3v) is 5.49. The maximum atomic E-state index is 13.2. The van der Waals surface area contributed by atoms with Gasteiger partial charge in [-0.1, -0.05) is 51.6 Å². The number of pyridine rings is 1. The van der Waals surface area contributed by atoms with Crippen LogP contribution in [0.3, 0.4) is 0 Å². The Balaban J connectivity index is 2.21. The second-order valence-corrected chi connectivity index (χ2v) is 9.07. The number of aromatic nitrogens is 3. The summed E-state index contributed by atoms with van der Waals surface area (Å²) in [5.74, 6) is -3.31. The number of halogens is 2. The van der Waals surface area contributed by atoms with Crippen LogP contribution in [-0.2, 0) is 6.54 Å². The Bertz CT molecular complexity index is 1270. The second-order valence-electron chi connectivity index (χ2n) is 8.04. The van der Waals surface area contributed by atoms with Gasteiger partial charge in [-0.05, 0) is 30.0 Å². The summed E-state index contributed by atoms with van der Waals surface area (Å²) in [5, 5.41) is 2.61. The summed E-state index contributed by atoms with van der Waals surface area (Å²) < 4.78 is 27.2. The minimum Gasteiger partial charge on any atom is -0.321 e. The highest BCUT2D eigenvalue weighted by molar-refractivity contribution is 7.99. The molecule has 0 unspecified atom stereocenters. The molecule has 0 radical (unpaired) electrons. The van der Waals surface area contributed by atoms with Gasteiger partial charge in [0.1, 0.15) is 0 Å². The molecule has 7 nitrogen and oxygen atoms in total. The van der Waals surface area contributed by atoms with Crippen LogP contribution in [0.25, 0.3) is 11.0 Å². The van der Waals surface area contributed by atoms with Gasteiger partial charge in [-0.25, -0.2) is 9.78 Å². The van der Waals surface area contributed by atoms with E-state index in [0.29, 0.717) is 24.0 Å². The molecule has 0 atom stereocenters. The molecule has 2 N–H and O–H groups in total. The Morgan fingerprint density at radius 2 is 1.88 bits per heavy atom. The first kappa shape index (κ1) is 23.6. The average Bonchev–Trinajstić information content (AvgIpc) is 2.70. The number of anilines is 1. The van der Waals surface area contributed by atoms with E-state index in [4.69, 9.17) is 0 Å². The highest BCUT2D eigenvalue weighted by Gasteiger charge is 2.22. The van der Waals surface area contributed by atoms with Crippen molar-refractivity contribution in [3.05, 3.63) is 62.4 Å². The van der Waals surface area contributed by atoms with E-state index in [1.54, 1.807) is 12.1 Å². The molecule has 0 saturated heterocycles. The summed E-state index contributed by atoms with van der Waals surface area (Å²) >= 11 is 0.315. The van der Waals surface area contributed by atoms with Crippen molar-refractivity contribution in [2.75, 3.05) is 5.32 Å². The van der Waals surface area contributed by atoms with E-state index < -0.39 is 22.9 Å². The van der Waals surface area contributed by atoms with E-state index in [1.165, 1.54) is 22.8 Å². The second kappa shape index (κ2) is 9.64. The fourth-order valence-electron chi connectivity index (χ4n) is 3.26. The monoisotopic (exact) mass is 462 g/mol. The first-order chi connectivity index (χ1) is 15.1. The number of thioether (sulfide) groups is 1. The van der Waals surface area contributed by atoms with E-state index in [1.807, 2.05) is 27.7 Å². The smallest absolute Gasteiger partial charge is 0.321 e. The number of benzene rings is 1. The minimum absolute atomic E-state index is 0.0221. The number of H-pyrrole nitrogens is 1. The van der Waals surface area contributed by atoms with Crippen molar-refractivity contribution in [1.82, 2.24) is 14.5 Å². The number of fused-ring (bicyclic) bond motifs is 1. The van der Waals surface area contributed by atoms with Crippen molar-refractivity contribution in [1.29, 1.82) is 0 Å². The van der Waals surface area contributed by atoms with Gasteiger partial charge in [0.05, 0.1) is 16.6 Å². The van der Waals surface area contributed by atoms with E-state index in [0.717, 1.165) is 0 Å². The molecule has 32 heavy (non-hydrogen) atoms. The van der Waals surface area contributed by atoms with Crippen LogP contribution in [0.5, 0.6) is 0 Å². The quantitative estimate of drug-likeness (QED) is 0.507. The van der Waals surface area contributed by atoms with Gasteiger partial charge >= 0.3 is 5.69 Å². The highest BCUT2D eigenvalue weighted by Crippen LogP contribution is 2.32. The van der Waals surface area contributed by atoms with Gasteiger partial charge in [-0.15, -0.1) is 0 Å². The summed E-state index contributed by atoms with van der Waals surface area (Å²) in [7, 11) is 0. The summed E-state index contributed by atoms with van der Waals surface area (Å²) in [6.45, 7) is 7.89. The molecule has 0 fully saturated rings. The zero-order chi connectivity index (χ0) is 23.6. The van der Waals surface area contributed by atoms with Gasteiger partial charge in [-0.3, -0.25) is 19.1 Å². The predicted octanol–water partition coefficient (Wildman–Crippen LogP) is 4.43. The van der Waals surface area contributed by atoms with Crippen molar-refractivity contribution >= 4 is 34.4 Å². The lowest BCUT2D eigenvalue weighted by Crippen LogP contribution is -2.33. The number of hydrogen-bond donors (Lipinski definition) is 2. The Morgan fingerprint density at radius 3 is 2.50 bits per heavy atom. The highest BCUT2D eigenvalue weighted by atomic mass is 32.2. The fourth-order valence-corrected chi connectivity index (χ4v) is 3.86. The SMILES string of the molecule is CC(C)Cn1c(=O)[nH]c(=O)c2c(C(=O)Nc3ccccc3SC(F)F)cc(C(C)C)nc21. The number of rotatable bonds is 7. The van der Waals surface area contributed by atoms with Crippen LogP contribution in [0.2, 0.25) is 0 Å². The molecular weight excluding hydrogens is 438 g/mol. The summed E-state index contributed by atoms with van der Waals surface area (Å²) in [6.07, 6.45) is 0. The van der Waals surface area contributed by atoms with E-state index >= 15 is 0 Å². The molecule has 2 heterocycles. The lowest BCUT2D eigenvalue weighted by molar-refractivity contribution is 0.102. The lowest BCUT2D eigenvalue weighted by Gasteiger charge is -2.16. The van der Waals surface area contributed by atoms with Crippen LogP contribution in [0.1, 0.15) is 49.7 Å². The van der Waals surface area contributed by atoms with Gasteiger partial charge in [0.2, 0.25) is 0 Å². The minimum atomic E-state index is -2.66. The van der Waals surface area contributed by atoms with E-state index in [9.17, 15) is 23.2 Å². The van der Waals surface area contributed by atoms with Gasteiger partial charge in [0.15, 0.2) is 5.65 Å². The molecule has 3 aromatic rings. The zero-order valence-electron chi connectivity index (χ0n) is 18.1. The van der Waals surface area contributed by atoms with Crippen molar-refractivity contribution in [3.8, 4) is 0 Å². The Labute approximate surface area is 187 Å². The van der Waals surface area contributed by atoms with Gasteiger partial charge < -0.3 is 5.32 Å². The molecule has 0 saturated carbocycles. The summed E-state index contributed by atoms with van der Waals surface area (Å²) in [6, 6.07) is 7.69. The number of amides is 1. The van der Waals surface area contributed by atoms with Crippen LogP contribution in [0, 0.1) is 5.92 Å². The molecule has 3 rings (SSSR count). The molecule has 0 aliphatic rings. The predicted molar refractivity (Wildman–Crippen MR) is 122 cm³/mol. The number of hydrogen-bond acceptors (Lipinski definition) is 5. The topological polar surface area (TPSA) is 96.9 Å². The summed E-state index contributed by atoms with van der Waals surface area (Å²) in [4.78, 5) is 45.4. The molecule has 0 spiro atoms. The number of aromatic amines is 1. The van der Waals surface area contributed by atoms with E-state index in [2.05, 4.69) is 15.3 Å². The average molecular weight is 463 g/mol. The first-order valence-electron chi connectivity index (χ1n) is 10.1. The van der Waals surface area contributed by atoms with Gasteiger partial charge in [-0.2, -0.15) is 8.78 Å². The number of nitrogens with one attached hydrogen (secondary N) is 2. The molecule has 170 valence electrons. The van der Waals surface area contributed by atoms with E-state index in [-0.39, 0.29) is 39.0 Å². The Morgan fingerprint density at radius 1 is 1.19 bits per heavy atom. The summed E-state index contributed by atoms with van der Waals surface area (Å²) in [5.41, 5.74) is -0.456. The third-order valence-electron chi connectivity index (χ3n) is 4.70. The number of carbonyl (C=O) groups excluding carboxylic acids is 1. The van der Waals surface area contributed by atoms with Crippen molar-refractivity contribution in [3.63, 3.8) is 0 Å². The molecule has 0 aliphatic heterocycles. The maximum Gasteiger partial charge on any atom is 0.330 e. The maximum absolute atomic E-state index is 13.2. The van der Waals surface area contributed by atoms with Crippen molar-refractivity contribution in [2.45, 2.75) is 50.8 Å². The normalized spacial score (nSPS) is 11.7. The number of para-hydroxylation sites is 1. The third kappa shape index (κ3) is 5.07. The molecular formula is C22H24F2N4O3S. The van der Waals surface area contributed by atoms with Crippen LogP contribution < -0.4 is 16.6 Å². The van der Waals surface area contributed by atoms with Crippen LogP contribution in [-0.4, -0.2) is 26.2 Å². The van der Waals surface area contributed by atoms with Gasteiger partial charge in [0.25, 0.3) is 17.2 Å². The number of nitrogens with zero attached hydrogens (tertiary/aromatic N) is 2. The zero-order valence-corrected chi connectivity index (χ0v) is 18.9. The van der Waals surface area contributed by atoms with Crippen LogP contribution in [0.15, 0.2) is 44.8 Å². The van der Waals surface area contributed by atoms with Gasteiger partial charge in [0, 0.05) is 17.1 Å². The fraction of sp³-hybridized carbons (Fsp3) is 0.364. The molecule has 1 aromatic carbocycles. The van der Waals surface area contributed by atoms with Crippen LogP contribution >= 0.6 is 11.8 Å². The Kier molecular flexibility index (Phi) is 7.12. The molecule has 0 aliphatic carbocycles. The molecule has 10 heteroatoms. The lowest BCUT2D eigenvalue weighted by atomic mass is 10.0. The standard InChI is InChI=1S/C22H24F2N4O3S/c1-11(2)10-28-18-17(20(30)27-22(28)31)13(9-15(25-18)12(3)4)19(29)26-14-7-5-6-8-16(14)32-21(23)24/h5-9,11-12,21H,10H2,1-4H3,(H,26,29)(H,27,30,31). The molecule has 2 aromatic heterocycles. The molecule has 1 amide bonds. The number of carbonyl (C=O) groups is 1.